The third-order valence-electron chi connectivity index (χ3n) is 20.3. The van der Waals surface area contributed by atoms with Gasteiger partial charge in [0.05, 0.1) is 24.2 Å². The molecular formula is C59H110Br2N6O10Si6. The van der Waals surface area contributed by atoms with Gasteiger partial charge in [0, 0.05) is 19.4 Å². The van der Waals surface area contributed by atoms with Gasteiger partial charge in [0.25, 0.3) is 11.1 Å². The second-order valence-corrected chi connectivity index (χ2v) is 62.7. The Morgan fingerprint density at radius 1 is 0.482 bits per heavy atom. The fourth-order valence-corrected chi connectivity index (χ4v) is 16.7. The second kappa shape index (κ2) is 24.5. The van der Waals surface area contributed by atoms with E-state index in [0.29, 0.717) is 44.7 Å². The van der Waals surface area contributed by atoms with Gasteiger partial charge in [-0.05, 0) is 153 Å². The number of halogens is 2. The Labute approximate surface area is 522 Å². The molecule has 474 valence electrons. The van der Waals surface area contributed by atoms with Crippen molar-refractivity contribution in [3.8, 4) is 0 Å². The summed E-state index contributed by atoms with van der Waals surface area (Å²) >= 11 is 7.33. The lowest BCUT2D eigenvalue weighted by Gasteiger charge is -2.44. The van der Waals surface area contributed by atoms with Crippen molar-refractivity contribution >= 4 is 104 Å². The molecule has 0 amide bonds. The highest BCUT2D eigenvalue weighted by atomic mass is 79.9. The number of fused-ring (bicyclic) bond motifs is 2. The molecule has 0 aromatic carbocycles. The Morgan fingerprint density at radius 3 is 1.11 bits per heavy atom. The maximum atomic E-state index is 13.1. The lowest BCUT2D eigenvalue weighted by molar-refractivity contribution is -0.0478. The van der Waals surface area contributed by atoms with Crippen LogP contribution in [0, 0.1) is 0 Å². The monoisotopic (exact) mass is 1390 g/mol. The quantitative estimate of drug-likeness (QED) is 0.106. The number of hydrogen-bond acceptors (Lipinski definition) is 12. The lowest BCUT2D eigenvalue weighted by Crippen LogP contribution is -2.54. The van der Waals surface area contributed by atoms with Gasteiger partial charge in [0.2, 0.25) is 0 Å². The summed E-state index contributed by atoms with van der Waals surface area (Å²) < 4.78 is 63.0. The summed E-state index contributed by atoms with van der Waals surface area (Å²) in [5.74, 6) is 0. The first-order chi connectivity index (χ1) is 37.0. The average molecular weight is 1390 g/mol. The predicted molar refractivity (Wildman–Crippen MR) is 363 cm³/mol. The SMILES string of the molecule is CC(C)(C)[Si](C)(C)OCC1OC(n2c(Br)nc3c(=O)[nH]ccc32)C(O[Si](C)(C)C(C)(C)C)C1O[Si](C)(C)C(C)(C)C.Cn1ccc2c(nc(Br)n2C2OC(CO[Si](C)(C)C(C)(C)C)C(O[Si](C)(C)C(C)(C)C)C2O[Si](C)(C)C(C)(C)C)c1=O. The molecule has 83 heavy (non-hydrogen) atoms. The Balaban J connectivity index is 0.000000304. The van der Waals surface area contributed by atoms with Crippen LogP contribution in [-0.4, -0.2) is 128 Å². The van der Waals surface area contributed by atoms with Gasteiger partial charge in [-0.2, -0.15) is 0 Å². The van der Waals surface area contributed by atoms with E-state index in [2.05, 4.69) is 250 Å². The van der Waals surface area contributed by atoms with Gasteiger partial charge >= 0.3 is 0 Å². The third-order valence-corrected chi connectivity index (χ3v) is 48.3. The van der Waals surface area contributed by atoms with Crippen LogP contribution in [-0.2, 0) is 43.1 Å². The van der Waals surface area contributed by atoms with Crippen molar-refractivity contribution in [1.82, 2.24) is 28.7 Å². The molecule has 1 N–H and O–H groups in total. The highest BCUT2D eigenvalue weighted by molar-refractivity contribution is 9.10. The van der Waals surface area contributed by atoms with E-state index in [1.807, 2.05) is 21.3 Å². The molecule has 24 heteroatoms. The van der Waals surface area contributed by atoms with Crippen molar-refractivity contribution in [2.75, 3.05) is 13.2 Å². The molecule has 2 saturated heterocycles. The van der Waals surface area contributed by atoms with Gasteiger partial charge in [-0.15, -0.1) is 0 Å². The Kier molecular flexibility index (Phi) is 21.4. The van der Waals surface area contributed by atoms with Crippen molar-refractivity contribution in [3.05, 3.63) is 54.7 Å². The summed E-state index contributed by atoms with van der Waals surface area (Å²) in [4.78, 5) is 37.7. The molecule has 2 aliphatic rings. The predicted octanol–water partition coefficient (Wildman–Crippen LogP) is 16.4. The summed E-state index contributed by atoms with van der Waals surface area (Å²) in [6.45, 7) is 68.5. The number of aryl methyl sites for hydroxylation is 1. The van der Waals surface area contributed by atoms with Crippen LogP contribution in [0.25, 0.3) is 22.1 Å². The number of nitrogens with zero attached hydrogens (tertiary/aromatic N) is 5. The van der Waals surface area contributed by atoms with Crippen LogP contribution in [0.3, 0.4) is 0 Å². The standard InChI is InChI=1S/C30H56BrN3O5Si3.C29H54BrN3O5Si3/c1-28(2,3)40(11,12)36-19-21-23(38-41(13,14)29(4,5)6)24(39-42(15,16)30(7,8)9)26(37-21)34-20-17-18-33(10)25(35)22(20)32-27(34)31;1-27(2,3)39(10,11)35-18-20-22(37-40(12,13)28(4,5)6)23(38-41(14,15)29(7,8)9)25(36-20)33-19-16-17-31-24(34)21(19)32-26(33)30/h17-18,21,23-24,26H,19H2,1-16H3;16-17,20,22-23,25H,18H2,1-15H3,(H,31,34). The molecule has 0 radical (unpaired) electrons. The highest BCUT2D eigenvalue weighted by Crippen LogP contribution is 2.50. The van der Waals surface area contributed by atoms with E-state index in [9.17, 15) is 9.59 Å². The number of H-pyrrole nitrogens is 1. The zero-order chi connectivity index (χ0) is 64.0. The second-order valence-electron chi connectivity index (χ2n) is 32.7. The molecule has 0 bridgehead atoms. The van der Waals surface area contributed by atoms with E-state index in [1.54, 1.807) is 24.0 Å². The number of aromatic amines is 1. The van der Waals surface area contributed by atoms with E-state index in [0.717, 1.165) is 0 Å². The van der Waals surface area contributed by atoms with Gasteiger partial charge in [-0.3, -0.25) is 18.7 Å². The van der Waals surface area contributed by atoms with Crippen molar-refractivity contribution in [3.63, 3.8) is 0 Å². The van der Waals surface area contributed by atoms with Crippen LogP contribution in [0.2, 0.25) is 109 Å². The van der Waals surface area contributed by atoms with E-state index < -0.39 is 74.6 Å². The first-order valence-electron chi connectivity index (χ1n) is 29.8. The van der Waals surface area contributed by atoms with Crippen LogP contribution in [0.5, 0.6) is 0 Å². The number of rotatable bonds is 16. The summed E-state index contributed by atoms with van der Waals surface area (Å²) in [5, 5.41) is 0.0437. The Hall–Kier alpha value is -1.22. The Morgan fingerprint density at radius 2 is 0.783 bits per heavy atom. The zero-order valence-corrected chi connectivity index (χ0v) is 66.1. The topological polar surface area (TPSA) is 164 Å². The van der Waals surface area contributed by atoms with Gasteiger partial charge in [-0.25, -0.2) is 9.97 Å². The van der Waals surface area contributed by atoms with Crippen molar-refractivity contribution in [2.24, 2.45) is 7.05 Å². The van der Waals surface area contributed by atoms with Gasteiger partial charge < -0.3 is 45.6 Å². The zero-order valence-electron chi connectivity index (χ0n) is 56.9. The summed E-state index contributed by atoms with van der Waals surface area (Å²) in [6, 6.07) is 3.79. The molecule has 4 aromatic heterocycles. The summed E-state index contributed by atoms with van der Waals surface area (Å²) in [7, 11) is -11.5. The molecule has 2 aliphatic heterocycles. The molecule has 4 aromatic rings. The lowest BCUT2D eigenvalue weighted by atomic mass is 10.1. The van der Waals surface area contributed by atoms with Crippen molar-refractivity contribution in [1.29, 1.82) is 0 Å². The van der Waals surface area contributed by atoms with Crippen LogP contribution in [0.4, 0.5) is 0 Å². The first kappa shape index (κ1) is 72.5. The van der Waals surface area contributed by atoms with E-state index in [-0.39, 0.29) is 65.8 Å². The summed E-state index contributed by atoms with van der Waals surface area (Å²) in [5.41, 5.74) is 1.75. The first-order valence-corrected chi connectivity index (χ1v) is 48.8. The molecule has 16 nitrogen and oxygen atoms in total. The number of aromatic nitrogens is 6. The molecule has 6 heterocycles. The molecule has 6 rings (SSSR count). The Bertz CT molecular complexity index is 3020. The van der Waals surface area contributed by atoms with Gasteiger partial charge in [-0.1, -0.05) is 125 Å². The number of nitrogens with one attached hydrogen (secondary N) is 1. The fraction of sp³-hybridized carbons (Fsp3) is 0.797. The number of hydrogen-bond donors (Lipinski definition) is 1. The van der Waals surface area contributed by atoms with Crippen molar-refractivity contribution < 1.29 is 36.0 Å². The minimum absolute atomic E-state index is 0.00692. The molecule has 0 saturated carbocycles. The minimum Gasteiger partial charge on any atom is -0.414 e. The maximum absolute atomic E-state index is 13.1. The molecule has 8 atom stereocenters. The summed E-state index contributed by atoms with van der Waals surface area (Å²) in [6.07, 6.45) is 0.0222. The van der Waals surface area contributed by atoms with Crippen molar-refractivity contribution in [2.45, 2.75) is 283 Å². The van der Waals surface area contributed by atoms with E-state index in [4.69, 9.17) is 36.0 Å². The normalized spacial score (nSPS) is 23.4. The number of ether oxygens (including phenoxy) is 2. The maximum Gasteiger partial charge on any atom is 0.278 e. The number of imidazole rings is 2. The van der Waals surface area contributed by atoms with Gasteiger partial charge in [0.15, 0.2) is 82.9 Å². The largest absolute Gasteiger partial charge is 0.414 e. The van der Waals surface area contributed by atoms with E-state index >= 15 is 0 Å². The molecule has 0 spiro atoms. The molecular weight excluding hydrogens is 1280 g/mol. The third kappa shape index (κ3) is 15.5. The van der Waals surface area contributed by atoms with Crippen LogP contribution in [0.1, 0.15) is 137 Å². The molecule has 0 aliphatic carbocycles. The average Bonchev–Trinajstić information content (AvgIpc) is 4.26. The van der Waals surface area contributed by atoms with Gasteiger partial charge in [0.1, 0.15) is 36.6 Å². The number of pyridine rings is 2. The smallest absolute Gasteiger partial charge is 0.278 e. The molecule has 2 fully saturated rings. The highest BCUT2D eigenvalue weighted by Gasteiger charge is 2.58. The van der Waals surface area contributed by atoms with Crippen LogP contribution >= 0.6 is 31.9 Å². The van der Waals surface area contributed by atoms with Crippen LogP contribution in [0.15, 0.2) is 43.6 Å². The van der Waals surface area contributed by atoms with Crippen LogP contribution < -0.4 is 11.1 Å². The minimum atomic E-state index is -2.30. The fourth-order valence-electron chi connectivity index (χ4n) is 8.36. The molecule has 8 unspecified atom stereocenters. The van der Waals surface area contributed by atoms with E-state index in [1.165, 1.54) is 0 Å².